The highest BCUT2D eigenvalue weighted by Gasteiger charge is 2.12. The summed E-state index contributed by atoms with van der Waals surface area (Å²) in [6.45, 7) is 7.13. The van der Waals surface area contributed by atoms with Crippen molar-refractivity contribution in [1.82, 2.24) is 15.5 Å². The van der Waals surface area contributed by atoms with Gasteiger partial charge in [0.1, 0.15) is 5.75 Å². The van der Waals surface area contributed by atoms with E-state index in [0.717, 1.165) is 29.1 Å². The summed E-state index contributed by atoms with van der Waals surface area (Å²) in [5, 5.41) is 10.6. The van der Waals surface area contributed by atoms with Gasteiger partial charge in [0, 0.05) is 23.7 Å². The molecule has 0 spiro atoms. The van der Waals surface area contributed by atoms with Gasteiger partial charge in [-0.25, -0.2) is 0 Å². The average molecular weight is 259 g/mol. The van der Waals surface area contributed by atoms with E-state index in [9.17, 15) is 0 Å². The second-order valence-corrected chi connectivity index (χ2v) is 5.01. The number of nitrogens with one attached hydrogen (secondary N) is 2. The SMILES string of the molecule is COc1ccc(C)cc1-c1[nH]ncc1CNC(C)C. The largest absolute Gasteiger partial charge is 0.496 e. The minimum atomic E-state index is 0.446. The lowest BCUT2D eigenvalue weighted by Gasteiger charge is -2.11. The monoisotopic (exact) mass is 259 g/mol. The van der Waals surface area contributed by atoms with Crippen LogP contribution in [0, 0.1) is 6.92 Å². The maximum absolute atomic E-state index is 5.44. The topological polar surface area (TPSA) is 49.9 Å². The first kappa shape index (κ1) is 13.6. The van der Waals surface area contributed by atoms with Crippen LogP contribution in [0.1, 0.15) is 25.0 Å². The van der Waals surface area contributed by atoms with Crippen LogP contribution in [0.2, 0.25) is 0 Å². The second-order valence-electron chi connectivity index (χ2n) is 5.01. The Balaban J connectivity index is 2.36. The van der Waals surface area contributed by atoms with Crippen molar-refractivity contribution in [2.24, 2.45) is 0 Å². The fraction of sp³-hybridized carbons (Fsp3) is 0.400. The predicted octanol–water partition coefficient (Wildman–Crippen LogP) is 2.89. The Kier molecular flexibility index (Phi) is 4.22. The summed E-state index contributed by atoms with van der Waals surface area (Å²) in [6.07, 6.45) is 1.87. The zero-order valence-electron chi connectivity index (χ0n) is 11.9. The molecule has 0 saturated heterocycles. The first-order chi connectivity index (χ1) is 9.11. The van der Waals surface area contributed by atoms with Gasteiger partial charge in [-0.15, -0.1) is 0 Å². The molecule has 0 fully saturated rings. The van der Waals surface area contributed by atoms with Gasteiger partial charge in [0.2, 0.25) is 0 Å². The molecule has 2 aromatic rings. The molecule has 0 saturated carbocycles. The lowest BCUT2D eigenvalue weighted by Crippen LogP contribution is -2.21. The van der Waals surface area contributed by atoms with E-state index < -0.39 is 0 Å². The van der Waals surface area contributed by atoms with Crippen molar-refractivity contribution in [2.75, 3.05) is 7.11 Å². The van der Waals surface area contributed by atoms with Gasteiger partial charge in [-0.3, -0.25) is 5.10 Å². The number of hydrogen-bond donors (Lipinski definition) is 2. The van der Waals surface area contributed by atoms with Crippen molar-refractivity contribution >= 4 is 0 Å². The molecule has 0 radical (unpaired) electrons. The van der Waals surface area contributed by atoms with E-state index in [0.29, 0.717) is 6.04 Å². The molecular formula is C15H21N3O. The number of benzene rings is 1. The normalized spacial score (nSPS) is 11.0. The quantitative estimate of drug-likeness (QED) is 0.868. The molecule has 2 N–H and O–H groups in total. The zero-order valence-corrected chi connectivity index (χ0v) is 11.9. The predicted molar refractivity (Wildman–Crippen MR) is 77.3 cm³/mol. The van der Waals surface area contributed by atoms with E-state index in [4.69, 9.17) is 4.74 Å². The third kappa shape index (κ3) is 3.15. The Hall–Kier alpha value is -1.81. The van der Waals surface area contributed by atoms with Crippen molar-refractivity contribution in [3.8, 4) is 17.0 Å². The van der Waals surface area contributed by atoms with Crippen molar-refractivity contribution in [3.05, 3.63) is 35.5 Å². The summed E-state index contributed by atoms with van der Waals surface area (Å²) in [6, 6.07) is 6.60. The van der Waals surface area contributed by atoms with Gasteiger partial charge in [-0.05, 0) is 19.1 Å². The average Bonchev–Trinajstić information content (AvgIpc) is 2.84. The molecule has 0 atom stereocenters. The third-order valence-corrected chi connectivity index (χ3v) is 3.04. The van der Waals surface area contributed by atoms with Gasteiger partial charge in [-0.1, -0.05) is 25.5 Å². The Morgan fingerprint density at radius 3 is 2.84 bits per heavy atom. The Labute approximate surface area is 114 Å². The highest BCUT2D eigenvalue weighted by atomic mass is 16.5. The zero-order chi connectivity index (χ0) is 13.8. The minimum absolute atomic E-state index is 0.446. The highest BCUT2D eigenvalue weighted by molar-refractivity contribution is 5.70. The summed E-state index contributed by atoms with van der Waals surface area (Å²) in [7, 11) is 1.69. The molecule has 0 aliphatic heterocycles. The molecule has 1 heterocycles. The van der Waals surface area contributed by atoms with Crippen molar-refractivity contribution in [1.29, 1.82) is 0 Å². The molecule has 1 aromatic carbocycles. The molecule has 19 heavy (non-hydrogen) atoms. The van der Waals surface area contributed by atoms with Crippen LogP contribution >= 0.6 is 0 Å². The molecule has 2 rings (SSSR count). The van der Waals surface area contributed by atoms with Crippen molar-refractivity contribution < 1.29 is 4.74 Å². The molecule has 102 valence electrons. The van der Waals surface area contributed by atoms with E-state index in [-0.39, 0.29) is 0 Å². The maximum Gasteiger partial charge on any atom is 0.128 e. The van der Waals surface area contributed by atoms with Crippen molar-refractivity contribution in [3.63, 3.8) is 0 Å². The molecule has 4 nitrogen and oxygen atoms in total. The van der Waals surface area contributed by atoms with Crippen LogP contribution in [-0.4, -0.2) is 23.3 Å². The Morgan fingerprint density at radius 2 is 2.16 bits per heavy atom. The Bertz CT molecular complexity index is 546. The summed E-state index contributed by atoms with van der Waals surface area (Å²) in [4.78, 5) is 0. The first-order valence-electron chi connectivity index (χ1n) is 6.52. The summed E-state index contributed by atoms with van der Waals surface area (Å²) < 4.78 is 5.44. The van der Waals surface area contributed by atoms with Crippen LogP contribution in [0.4, 0.5) is 0 Å². The van der Waals surface area contributed by atoms with E-state index in [1.165, 1.54) is 5.56 Å². The van der Waals surface area contributed by atoms with Crippen LogP contribution in [-0.2, 0) is 6.54 Å². The molecule has 0 aliphatic carbocycles. The third-order valence-electron chi connectivity index (χ3n) is 3.04. The number of aromatic amines is 1. The number of aromatic nitrogens is 2. The fourth-order valence-corrected chi connectivity index (χ4v) is 2.01. The molecule has 1 aromatic heterocycles. The van der Waals surface area contributed by atoms with Crippen LogP contribution < -0.4 is 10.1 Å². The molecule has 0 amide bonds. The fourth-order valence-electron chi connectivity index (χ4n) is 2.01. The molecule has 0 bridgehead atoms. The number of rotatable bonds is 5. The molecule has 4 heteroatoms. The number of nitrogens with zero attached hydrogens (tertiary/aromatic N) is 1. The van der Waals surface area contributed by atoms with E-state index in [2.05, 4.69) is 42.4 Å². The summed E-state index contributed by atoms with van der Waals surface area (Å²) in [5.74, 6) is 0.862. The molecular weight excluding hydrogens is 238 g/mol. The van der Waals surface area contributed by atoms with E-state index in [1.807, 2.05) is 18.3 Å². The van der Waals surface area contributed by atoms with Gasteiger partial charge in [-0.2, -0.15) is 5.10 Å². The highest BCUT2D eigenvalue weighted by Crippen LogP contribution is 2.31. The number of methoxy groups -OCH3 is 1. The van der Waals surface area contributed by atoms with Gasteiger partial charge < -0.3 is 10.1 Å². The van der Waals surface area contributed by atoms with Crippen LogP contribution in [0.5, 0.6) is 5.75 Å². The van der Waals surface area contributed by atoms with Crippen LogP contribution in [0.15, 0.2) is 24.4 Å². The smallest absolute Gasteiger partial charge is 0.128 e. The minimum Gasteiger partial charge on any atom is -0.496 e. The lowest BCUT2D eigenvalue weighted by molar-refractivity contribution is 0.416. The van der Waals surface area contributed by atoms with E-state index in [1.54, 1.807) is 7.11 Å². The first-order valence-corrected chi connectivity index (χ1v) is 6.52. The Morgan fingerprint density at radius 1 is 1.37 bits per heavy atom. The van der Waals surface area contributed by atoms with Gasteiger partial charge >= 0.3 is 0 Å². The van der Waals surface area contributed by atoms with Crippen LogP contribution in [0.3, 0.4) is 0 Å². The van der Waals surface area contributed by atoms with Gasteiger partial charge in [0.05, 0.1) is 19.0 Å². The maximum atomic E-state index is 5.44. The summed E-state index contributed by atoms with van der Waals surface area (Å²) in [5.41, 5.74) is 4.43. The number of H-pyrrole nitrogens is 1. The second kappa shape index (κ2) is 5.89. The number of aryl methyl sites for hydroxylation is 1. The standard InChI is InChI=1S/C15H21N3O/c1-10(2)16-8-12-9-17-18-15(12)13-7-11(3)5-6-14(13)19-4/h5-7,9-10,16H,8H2,1-4H3,(H,17,18). The van der Waals surface area contributed by atoms with E-state index >= 15 is 0 Å². The van der Waals surface area contributed by atoms with Crippen molar-refractivity contribution in [2.45, 2.75) is 33.4 Å². The van der Waals surface area contributed by atoms with Gasteiger partial charge in [0.25, 0.3) is 0 Å². The summed E-state index contributed by atoms with van der Waals surface area (Å²) >= 11 is 0. The molecule has 0 unspecified atom stereocenters. The number of hydrogen-bond acceptors (Lipinski definition) is 3. The molecule has 0 aliphatic rings. The van der Waals surface area contributed by atoms with Crippen LogP contribution in [0.25, 0.3) is 11.3 Å². The number of ether oxygens (including phenoxy) is 1. The lowest BCUT2D eigenvalue weighted by atomic mass is 10.0. The van der Waals surface area contributed by atoms with Gasteiger partial charge in [0.15, 0.2) is 0 Å².